The van der Waals surface area contributed by atoms with Gasteiger partial charge in [-0.2, -0.15) is 0 Å². The molecule has 5 heteroatoms. The molecule has 0 spiro atoms. The third-order valence-corrected chi connectivity index (χ3v) is 6.18. The zero-order valence-electron chi connectivity index (χ0n) is 15.3. The topological polar surface area (TPSA) is 63.1 Å². The third kappa shape index (κ3) is 3.83. The fraction of sp³-hybridized carbons (Fsp3) is 0.318. The van der Waals surface area contributed by atoms with Crippen molar-refractivity contribution in [1.29, 1.82) is 0 Å². The number of rotatable bonds is 4. The lowest BCUT2D eigenvalue weighted by molar-refractivity contribution is -0.142. The van der Waals surface area contributed by atoms with E-state index in [-0.39, 0.29) is 5.92 Å². The Labute approximate surface area is 163 Å². The lowest BCUT2D eigenvalue weighted by Gasteiger charge is -2.25. The fourth-order valence-electron chi connectivity index (χ4n) is 3.85. The zero-order valence-corrected chi connectivity index (χ0v) is 16.1. The van der Waals surface area contributed by atoms with Crippen molar-refractivity contribution in [3.05, 3.63) is 54.4 Å². The molecule has 2 aromatic heterocycles. The van der Waals surface area contributed by atoms with Gasteiger partial charge < -0.3 is 5.11 Å². The molecule has 1 fully saturated rings. The SMILES string of the molecule is CSc1cccc(-c2ccc3cc(C4CCC(C(=O)O)CC4)ncc3n2)c1. The quantitative estimate of drug-likeness (QED) is 0.618. The Morgan fingerprint density at radius 2 is 1.93 bits per heavy atom. The number of nitrogens with zero attached hydrogens (tertiary/aromatic N) is 2. The molecule has 3 aromatic rings. The minimum Gasteiger partial charge on any atom is -0.481 e. The van der Waals surface area contributed by atoms with E-state index in [1.165, 1.54) is 4.90 Å². The summed E-state index contributed by atoms with van der Waals surface area (Å²) in [7, 11) is 0. The third-order valence-electron chi connectivity index (χ3n) is 5.46. The number of carboxylic acids is 1. The highest BCUT2D eigenvalue weighted by Gasteiger charge is 2.27. The summed E-state index contributed by atoms with van der Waals surface area (Å²) in [6.45, 7) is 0. The number of fused-ring (bicyclic) bond motifs is 1. The molecule has 0 saturated heterocycles. The normalized spacial score (nSPS) is 19.9. The minimum absolute atomic E-state index is 0.192. The largest absolute Gasteiger partial charge is 0.481 e. The minimum atomic E-state index is -0.665. The molecule has 0 amide bonds. The summed E-state index contributed by atoms with van der Waals surface area (Å²) >= 11 is 1.72. The lowest BCUT2D eigenvalue weighted by Crippen LogP contribution is -2.20. The van der Waals surface area contributed by atoms with Gasteiger partial charge in [-0.1, -0.05) is 18.2 Å². The number of thioether (sulfide) groups is 1. The molecule has 0 atom stereocenters. The number of benzene rings is 1. The molecule has 1 saturated carbocycles. The van der Waals surface area contributed by atoms with E-state index in [1.54, 1.807) is 11.8 Å². The molecule has 0 bridgehead atoms. The number of carbonyl (C=O) groups is 1. The monoisotopic (exact) mass is 378 g/mol. The van der Waals surface area contributed by atoms with Crippen LogP contribution in [0.3, 0.4) is 0 Å². The Balaban J connectivity index is 1.58. The van der Waals surface area contributed by atoms with Crippen LogP contribution in [0.5, 0.6) is 0 Å². The molecule has 2 heterocycles. The van der Waals surface area contributed by atoms with Gasteiger partial charge in [0.1, 0.15) is 0 Å². The van der Waals surface area contributed by atoms with E-state index in [0.29, 0.717) is 5.92 Å². The van der Waals surface area contributed by atoms with Gasteiger partial charge in [0, 0.05) is 27.5 Å². The second kappa shape index (κ2) is 7.69. The molecule has 1 aliphatic carbocycles. The first kappa shape index (κ1) is 18.0. The number of aromatic nitrogens is 2. The van der Waals surface area contributed by atoms with E-state index >= 15 is 0 Å². The molecule has 1 aromatic carbocycles. The van der Waals surface area contributed by atoms with Gasteiger partial charge in [0.25, 0.3) is 0 Å². The Morgan fingerprint density at radius 3 is 2.67 bits per heavy atom. The van der Waals surface area contributed by atoms with Crippen LogP contribution in [0.2, 0.25) is 0 Å². The summed E-state index contributed by atoms with van der Waals surface area (Å²) in [5.41, 5.74) is 4.02. The molecular weight excluding hydrogens is 356 g/mol. The average Bonchev–Trinajstić information content (AvgIpc) is 2.73. The van der Waals surface area contributed by atoms with Crippen LogP contribution in [-0.2, 0) is 4.79 Å². The molecule has 1 N–H and O–H groups in total. The standard InChI is InChI=1S/C22H22N2O2S/c1-27-18-4-2-3-16(11-18)19-10-9-17-12-20(23-13-21(17)24-19)14-5-7-15(8-6-14)22(25)26/h2-4,9-15H,5-8H2,1H3,(H,25,26). The first-order valence-corrected chi connectivity index (χ1v) is 10.5. The highest BCUT2D eigenvalue weighted by molar-refractivity contribution is 7.98. The Bertz CT molecular complexity index is 981. The molecular formula is C22H22N2O2S. The fourth-order valence-corrected chi connectivity index (χ4v) is 4.31. The number of pyridine rings is 2. The summed E-state index contributed by atoms with van der Waals surface area (Å²) in [6.07, 6.45) is 7.19. The van der Waals surface area contributed by atoms with E-state index in [0.717, 1.165) is 53.5 Å². The first-order valence-electron chi connectivity index (χ1n) is 9.28. The van der Waals surface area contributed by atoms with Gasteiger partial charge in [0.15, 0.2) is 0 Å². The molecule has 138 valence electrons. The Morgan fingerprint density at radius 1 is 1.11 bits per heavy atom. The first-order chi connectivity index (χ1) is 13.1. The number of carboxylic acid groups (broad SMARTS) is 1. The highest BCUT2D eigenvalue weighted by atomic mass is 32.2. The summed E-state index contributed by atoms with van der Waals surface area (Å²) in [6, 6.07) is 14.7. The van der Waals surface area contributed by atoms with Crippen LogP contribution in [0.15, 0.2) is 53.6 Å². The van der Waals surface area contributed by atoms with E-state index in [9.17, 15) is 4.79 Å². The van der Waals surface area contributed by atoms with Crippen LogP contribution in [0.4, 0.5) is 0 Å². The number of aliphatic carboxylic acids is 1. The molecule has 27 heavy (non-hydrogen) atoms. The van der Waals surface area contributed by atoms with Gasteiger partial charge in [0.2, 0.25) is 0 Å². The van der Waals surface area contributed by atoms with Crippen LogP contribution in [0, 0.1) is 5.92 Å². The Kier molecular flexibility index (Phi) is 5.12. The van der Waals surface area contributed by atoms with Crippen LogP contribution < -0.4 is 0 Å². The summed E-state index contributed by atoms with van der Waals surface area (Å²) < 4.78 is 0. The smallest absolute Gasteiger partial charge is 0.306 e. The molecule has 4 rings (SSSR count). The maximum atomic E-state index is 11.1. The average molecular weight is 378 g/mol. The van der Waals surface area contributed by atoms with Crippen molar-refractivity contribution < 1.29 is 9.90 Å². The van der Waals surface area contributed by atoms with Gasteiger partial charge in [-0.3, -0.25) is 9.78 Å². The van der Waals surface area contributed by atoms with E-state index in [4.69, 9.17) is 10.1 Å². The van der Waals surface area contributed by atoms with E-state index < -0.39 is 5.97 Å². The molecule has 0 unspecified atom stereocenters. The van der Waals surface area contributed by atoms with Crippen LogP contribution in [0.25, 0.3) is 22.2 Å². The van der Waals surface area contributed by atoms with Crippen molar-refractivity contribution in [3.63, 3.8) is 0 Å². The van der Waals surface area contributed by atoms with Crippen LogP contribution >= 0.6 is 11.8 Å². The number of hydrogen-bond acceptors (Lipinski definition) is 4. The summed E-state index contributed by atoms with van der Waals surface area (Å²) in [5, 5.41) is 10.3. The summed E-state index contributed by atoms with van der Waals surface area (Å²) in [4.78, 5) is 21.8. The highest BCUT2D eigenvalue weighted by Crippen LogP contribution is 2.36. The van der Waals surface area contributed by atoms with E-state index in [2.05, 4.69) is 53.7 Å². The van der Waals surface area contributed by atoms with Crippen molar-refractivity contribution in [2.75, 3.05) is 6.26 Å². The lowest BCUT2D eigenvalue weighted by atomic mass is 9.80. The van der Waals surface area contributed by atoms with Crippen molar-refractivity contribution in [1.82, 2.24) is 9.97 Å². The second-order valence-corrected chi connectivity index (χ2v) is 8.00. The van der Waals surface area contributed by atoms with Gasteiger partial charge in [-0.05, 0) is 56.2 Å². The molecule has 1 aliphatic rings. The van der Waals surface area contributed by atoms with Crippen molar-refractivity contribution in [3.8, 4) is 11.3 Å². The van der Waals surface area contributed by atoms with E-state index in [1.807, 2.05) is 6.20 Å². The van der Waals surface area contributed by atoms with Crippen LogP contribution in [-0.4, -0.2) is 27.3 Å². The summed E-state index contributed by atoms with van der Waals surface area (Å²) in [5.74, 6) is -0.506. The number of hydrogen-bond donors (Lipinski definition) is 1. The molecule has 0 aliphatic heterocycles. The predicted molar refractivity (Wildman–Crippen MR) is 109 cm³/mol. The second-order valence-electron chi connectivity index (χ2n) is 7.12. The van der Waals surface area contributed by atoms with Crippen molar-refractivity contribution in [2.45, 2.75) is 36.5 Å². The van der Waals surface area contributed by atoms with Crippen molar-refractivity contribution >= 4 is 28.6 Å². The van der Waals surface area contributed by atoms with Gasteiger partial charge in [0.05, 0.1) is 23.3 Å². The molecule has 4 nitrogen and oxygen atoms in total. The molecule has 0 radical (unpaired) electrons. The Hall–Kier alpha value is -2.40. The van der Waals surface area contributed by atoms with Gasteiger partial charge in [-0.15, -0.1) is 11.8 Å². The predicted octanol–water partition coefficient (Wildman–Crippen LogP) is 5.38. The maximum absolute atomic E-state index is 11.1. The van der Waals surface area contributed by atoms with Crippen LogP contribution in [0.1, 0.15) is 37.3 Å². The van der Waals surface area contributed by atoms with Gasteiger partial charge in [-0.25, -0.2) is 4.98 Å². The van der Waals surface area contributed by atoms with Gasteiger partial charge >= 0.3 is 5.97 Å². The zero-order chi connectivity index (χ0) is 18.8. The van der Waals surface area contributed by atoms with Crippen molar-refractivity contribution in [2.24, 2.45) is 5.92 Å². The maximum Gasteiger partial charge on any atom is 0.306 e.